The van der Waals surface area contributed by atoms with Crippen LogP contribution in [0.15, 0.2) is 59.6 Å². The van der Waals surface area contributed by atoms with E-state index in [4.69, 9.17) is 10.5 Å². The number of piperidine rings is 1. The molecule has 5 heteroatoms. The highest BCUT2D eigenvalue weighted by atomic mass is 16.5. The van der Waals surface area contributed by atoms with E-state index in [1.165, 1.54) is 11.1 Å². The molecule has 1 fully saturated rings. The van der Waals surface area contributed by atoms with Gasteiger partial charge in [-0.15, -0.1) is 0 Å². The molecule has 1 heterocycles. The fraction of sp³-hybridized carbons (Fsp3) is 0.458. The molecule has 156 valence electrons. The zero-order chi connectivity index (χ0) is 20.3. The molecule has 1 aliphatic heterocycles. The fourth-order valence-electron chi connectivity index (χ4n) is 3.60. The number of rotatable bonds is 9. The summed E-state index contributed by atoms with van der Waals surface area (Å²) in [6.45, 7) is 6.81. The van der Waals surface area contributed by atoms with Crippen LogP contribution in [0, 0.1) is 0 Å². The molecule has 0 saturated carbocycles. The summed E-state index contributed by atoms with van der Waals surface area (Å²) in [7, 11) is 0. The lowest BCUT2D eigenvalue weighted by molar-refractivity contribution is 0.00566. The average Bonchev–Trinajstić information content (AvgIpc) is 2.76. The van der Waals surface area contributed by atoms with Crippen LogP contribution in [-0.4, -0.2) is 43.2 Å². The number of nitrogens with two attached hydrogens (primary N) is 1. The first-order valence-electron chi connectivity index (χ1n) is 10.8. The van der Waals surface area contributed by atoms with Crippen molar-refractivity contribution in [3.8, 4) is 0 Å². The zero-order valence-corrected chi connectivity index (χ0v) is 17.5. The lowest BCUT2D eigenvalue weighted by atomic mass is 10.1. The lowest BCUT2D eigenvalue weighted by Gasteiger charge is -2.31. The largest absolute Gasteiger partial charge is 0.378 e. The van der Waals surface area contributed by atoms with E-state index >= 15 is 0 Å². The third kappa shape index (κ3) is 7.52. The second kappa shape index (κ2) is 11.6. The predicted octanol–water partition coefficient (Wildman–Crippen LogP) is 4.05. The second-order valence-electron chi connectivity index (χ2n) is 7.63. The molecule has 2 aromatic rings. The number of likely N-dealkylation sites (tertiary alicyclic amines) is 1. The van der Waals surface area contributed by atoms with Gasteiger partial charge < -0.3 is 15.8 Å². The van der Waals surface area contributed by atoms with Crippen molar-refractivity contribution in [2.24, 2.45) is 10.7 Å². The second-order valence-corrected chi connectivity index (χ2v) is 7.63. The SMILES string of the molecule is CCc1ccc(NC(N)=NCCCOC2CCN(Cc3ccccc3)CC2)cc1. The summed E-state index contributed by atoms with van der Waals surface area (Å²) >= 11 is 0. The first-order chi connectivity index (χ1) is 14.2. The Morgan fingerprint density at radius 3 is 2.48 bits per heavy atom. The van der Waals surface area contributed by atoms with Crippen molar-refractivity contribution in [1.29, 1.82) is 0 Å². The average molecular weight is 395 g/mol. The topological polar surface area (TPSA) is 62.9 Å². The molecule has 0 radical (unpaired) electrons. The maximum absolute atomic E-state index is 6.05. The fourth-order valence-corrected chi connectivity index (χ4v) is 3.60. The number of ether oxygens (including phenoxy) is 1. The van der Waals surface area contributed by atoms with Crippen LogP contribution < -0.4 is 11.1 Å². The Labute approximate surface area is 175 Å². The van der Waals surface area contributed by atoms with Crippen molar-refractivity contribution in [2.75, 3.05) is 31.6 Å². The Morgan fingerprint density at radius 2 is 1.79 bits per heavy atom. The molecule has 5 nitrogen and oxygen atoms in total. The van der Waals surface area contributed by atoms with Crippen LogP contribution >= 0.6 is 0 Å². The van der Waals surface area contributed by atoms with Gasteiger partial charge in [-0.25, -0.2) is 0 Å². The molecule has 0 amide bonds. The Balaban J connectivity index is 1.27. The first-order valence-corrected chi connectivity index (χ1v) is 10.8. The van der Waals surface area contributed by atoms with Crippen LogP contribution in [-0.2, 0) is 17.7 Å². The van der Waals surface area contributed by atoms with E-state index in [1.807, 2.05) is 12.1 Å². The van der Waals surface area contributed by atoms with Crippen LogP contribution in [0.1, 0.15) is 37.3 Å². The van der Waals surface area contributed by atoms with E-state index in [2.05, 4.69) is 64.6 Å². The van der Waals surface area contributed by atoms with Crippen LogP contribution in [0.2, 0.25) is 0 Å². The normalized spacial score (nSPS) is 16.1. The highest BCUT2D eigenvalue weighted by Crippen LogP contribution is 2.16. The van der Waals surface area contributed by atoms with E-state index in [0.717, 1.165) is 57.6 Å². The van der Waals surface area contributed by atoms with Crippen molar-refractivity contribution in [3.63, 3.8) is 0 Å². The minimum Gasteiger partial charge on any atom is -0.378 e. The number of hydrogen-bond acceptors (Lipinski definition) is 3. The van der Waals surface area contributed by atoms with E-state index in [-0.39, 0.29) is 0 Å². The Kier molecular flexibility index (Phi) is 8.53. The summed E-state index contributed by atoms with van der Waals surface area (Å²) in [5, 5.41) is 3.14. The predicted molar refractivity (Wildman–Crippen MR) is 121 cm³/mol. The first kappa shape index (κ1) is 21.3. The molecule has 29 heavy (non-hydrogen) atoms. The van der Waals surface area contributed by atoms with Crippen molar-refractivity contribution >= 4 is 11.6 Å². The molecule has 1 aliphatic rings. The van der Waals surface area contributed by atoms with Crippen LogP contribution in [0.4, 0.5) is 5.69 Å². The van der Waals surface area contributed by atoms with Gasteiger partial charge in [0.1, 0.15) is 0 Å². The van der Waals surface area contributed by atoms with E-state index in [1.54, 1.807) is 0 Å². The highest BCUT2D eigenvalue weighted by molar-refractivity contribution is 5.92. The maximum Gasteiger partial charge on any atom is 0.193 e. The van der Waals surface area contributed by atoms with Gasteiger partial charge in [0, 0.05) is 38.5 Å². The molecule has 0 aromatic heterocycles. The summed E-state index contributed by atoms with van der Waals surface area (Å²) in [5.41, 5.74) is 9.65. The van der Waals surface area contributed by atoms with Gasteiger partial charge in [-0.05, 0) is 48.9 Å². The van der Waals surface area contributed by atoms with Crippen molar-refractivity contribution < 1.29 is 4.74 Å². The summed E-state index contributed by atoms with van der Waals surface area (Å²) in [5.74, 6) is 0.462. The molecule has 1 saturated heterocycles. The molecule has 2 aromatic carbocycles. The van der Waals surface area contributed by atoms with Gasteiger partial charge in [-0.1, -0.05) is 49.4 Å². The number of aryl methyl sites for hydroxylation is 1. The molecule has 0 spiro atoms. The number of benzene rings is 2. The maximum atomic E-state index is 6.05. The van der Waals surface area contributed by atoms with Gasteiger partial charge in [-0.3, -0.25) is 9.89 Å². The summed E-state index contributed by atoms with van der Waals surface area (Å²) in [6, 6.07) is 19.0. The molecular weight excluding hydrogens is 360 g/mol. The van der Waals surface area contributed by atoms with Crippen molar-refractivity contribution in [3.05, 3.63) is 65.7 Å². The quantitative estimate of drug-likeness (QED) is 0.383. The van der Waals surface area contributed by atoms with Crippen LogP contribution in [0.5, 0.6) is 0 Å². The number of aliphatic imine (C=N–C) groups is 1. The number of nitrogens with zero attached hydrogens (tertiary/aromatic N) is 2. The molecule has 3 N–H and O–H groups in total. The van der Waals surface area contributed by atoms with E-state index in [0.29, 0.717) is 18.6 Å². The number of hydrogen-bond donors (Lipinski definition) is 2. The van der Waals surface area contributed by atoms with Crippen molar-refractivity contribution in [1.82, 2.24) is 4.90 Å². The van der Waals surface area contributed by atoms with Gasteiger partial charge in [0.2, 0.25) is 0 Å². The molecule has 0 aliphatic carbocycles. The molecule has 0 unspecified atom stereocenters. The molecular formula is C24H34N4O. The van der Waals surface area contributed by atoms with Gasteiger partial charge in [0.15, 0.2) is 5.96 Å². The molecule has 0 bridgehead atoms. The van der Waals surface area contributed by atoms with Gasteiger partial charge >= 0.3 is 0 Å². The number of nitrogens with one attached hydrogen (secondary N) is 1. The van der Waals surface area contributed by atoms with Gasteiger partial charge in [0.25, 0.3) is 0 Å². The molecule has 3 rings (SSSR count). The third-order valence-electron chi connectivity index (χ3n) is 5.36. The summed E-state index contributed by atoms with van der Waals surface area (Å²) in [6.07, 6.45) is 4.51. The summed E-state index contributed by atoms with van der Waals surface area (Å²) < 4.78 is 6.05. The van der Waals surface area contributed by atoms with Crippen molar-refractivity contribution in [2.45, 2.75) is 45.3 Å². The third-order valence-corrected chi connectivity index (χ3v) is 5.36. The van der Waals surface area contributed by atoms with Gasteiger partial charge in [0.05, 0.1) is 6.10 Å². The Morgan fingerprint density at radius 1 is 1.07 bits per heavy atom. The van der Waals surface area contributed by atoms with E-state index in [9.17, 15) is 0 Å². The van der Waals surface area contributed by atoms with Gasteiger partial charge in [-0.2, -0.15) is 0 Å². The zero-order valence-electron chi connectivity index (χ0n) is 17.5. The van der Waals surface area contributed by atoms with Crippen LogP contribution in [0.25, 0.3) is 0 Å². The smallest absolute Gasteiger partial charge is 0.193 e. The standard InChI is InChI=1S/C24H34N4O/c1-2-20-9-11-22(12-10-20)27-24(25)26-15-6-18-29-23-13-16-28(17-14-23)19-21-7-4-3-5-8-21/h3-5,7-12,23H,2,6,13-19H2,1H3,(H3,25,26,27). The lowest BCUT2D eigenvalue weighted by Crippen LogP contribution is -2.36. The monoisotopic (exact) mass is 394 g/mol. The highest BCUT2D eigenvalue weighted by Gasteiger charge is 2.19. The number of guanidine groups is 1. The number of anilines is 1. The summed E-state index contributed by atoms with van der Waals surface area (Å²) in [4.78, 5) is 6.91. The van der Waals surface area contributed by atoms with E-state index < -0.39 is 0 Å². The minimum atomic E-state index is 0.374. The minimum absolute atomic E-state index is 0.374. The Bertz CT molecular complexity index is 737. The van der Waals surface area contributed by atoms with Crippen LogP contribution in [0.3, 0.4) is 0 Å². The molecule has 0 atom stereocenters. The Hall–Kier alpha value is -2.37.